The number of aliphatic imine (C=N–C) groups is 1. The number of hydrogen-bond donors (Lipinski definition) is 1. The molecule has 34 heavy (non-hydrogen) atoms. The van der Waals surface area contributed by atoms with E-state index < -0.39 is 5.54 Å². The molecule has 0 aliphatic carbocycles. The number of amidine groups is 1. The fourth-order valence-electron chi connectivity index (χ4n) is 4.10. The summed E-state index contributed by atoms with van der Waals surface area (Å²) in [4.78, 5) is 15.5. The summed E-state index contributed by atoms with van der Waals surface area (Å²) >= 11 is 0. The number of benzene rings is 2. The van der Waals surface area contributed by atoms with Gasteiger partial charge in [0.1, 0.15) is 23.9 Å². The van der Waals surface area contributed by atoms with Crippen molar-refractivity contribution in [1.29, 1.82) is 0 Å². The van der Waals surface area contributed by atoms with Crippen LogP contribution in [0.1, 0.15) is 31.9 Å². The molecule has 5 rings (SSSR count). The molecule has 0 fully saturated rings. The van der Waals surface area contributed by atoms with Gasteiger partial charge in [-0.3, -0.25) is 0 Å². The van der Waals surface area contributed by atoms with E-state index in [9.17, 15) is 0 Å². The maximum absolute atomic E-state index is 6.28. The number of anilines is 1. The number of hydrogen-bond acceptors (Lipinski definition) is 8. The van der Waals surface area contributed by atoms with E-state index in [2.05, 4.69) is 36.8 Å². The predicted molar refractivity (Wildman–Crippen MR) is 132 cm³/mol. The molecule has 2 aliphatic rings. The van der Waals surface area contributed by atoms with Crippen LogP contribution in [0.5, 0.6) is 17.2 Å². The summed E-state index contributed by atoms with van der Waals surface area (Å²) in [6, 6.07) is 12.0. The first-order valence-corrected chi connectivity index (χ1v) is 11.2. The lowest BCUT2D eigenvalue weighted by molar-refractivity contribution is 0.197. The van der Waals surface area contributed by atoms with Gasteiger partial charge in [-0.1, -0.05) is 26.8 Å². The zero-order valence-electron chi connectivity index (χ0n) is 20.1. The zero-order valence-corrected chi connectivity index (χ0v) is 20.1. The molecule has 176 valence electrons. The van der Waals surface area contributed by atoms with Gasteiger partial charge in [-0.05, 0) is 41.3 Å². The Balaban J connectivity index is 1.59. The molecule has 8 nitrogen and oxygen atoms in total. The van der Waals surface area contributed by atoms with Crippen molar-refractivity contribution in [2.24, 2.45) is 16.1 Å². The quantitative estimate of drug-likeness (QED) is 0.620. The third-order valence-electron chi connectivity index (χ3n) is 5.82. The summed E-state index contributed by atoms with van der Waals surface area (Å²) < 4.78 is 18.1. The second-order valence-electron chi connectivity index (χ2n) is 10.1. The SMILES string of the molecule is CN(C)c1ncc(-c2ccc3c(c2)[C@@]2(COC(N)=N2)c2cc(OCC(C)(C)C)ccc2O3)cn1. The monoisotopic (exact) mass is 459 g/mol. The van der Waals surface area contributed by atoms with Crippen LogP contribution in [0.4, 0.5) is 5.95 Å². The molecular formula is C26H29N5O3. The van der Waals surface area contributed by atoms with Gasteiger partial charge in [0.25, 0.3) is 6.02 Å². The first-order chi connectivity index (χ1) is 16.1. The van der Waals surface area contributed by atoms with Gasteiger partial charge in [0, 0.05) is 43.2 Å². The summed E-state index contributed by atoms with van der Waals surface area (Å²) in [5, 5.41) is 0. The Hall–Kier alpha value is -3.81. The van der Waals surface area contributed by atoms with Crippen LogP contribution in [-0.4, -0.2) is 43.3 Å². The van der Waals surface area contributed by atoms with Crippen LogP contribution in [0.15, 0.2) is 53.8 Å². The van der Waals surface area contributed by atoms with Crippen LogP contribution < -0.4 is 20.1 Å². The standard InChI is InChI=1S/C26H29N5O3/c1-25(2,3)14-32-18-7-9-22-20(11-18)26(15-33-23(27)30-26)19-10-16(6-8-21(19)34-22)17-12-28-24(29-13-17)31(4)5/h6-13H,14-15H2,1-5H3,(H2,27,30)/t26-/m0/s1. The van der Waals surface area contributed by atoms with Gasteiger partial charge < -0.3 is 24.8 Å². The van der Waals surface area contributed by atoms with E-state index in [1.165, 1.54) is 0 Å². The number of rotatable bonds is 4. The highest BCUT2D eigenvalue weighted by Crippen LogP contribution is 2.52. The second-order valence-corrected chi connectivity index (χ2v) is 10.1. The lowest BCUT2D eigenvalue weighted by Crippen LogP contribution is -2.31. The molecule has 3 aromatic rings. The van der Waals surface area contributed by atoms with Crippen molar-refractivity contribution in [3.05, 3.63) is 59.9 Å². The number of nitrogens with zero attached hydrogens (tertiary/aromatic N) is 4. The van der Waals surface area contributed by atoms with E-state index >= 15 is 0 Å². The highest BCUT2D eigenvalue weighted by Gasteiger charge is 2.47. The molecule has 0 saturated carbocycles. The average Bonchev–Trinajstić information content (AvgIpc) is 3.20. The van der Waals surface area contributed by atoms with E-state index in [-0.39, 0.29) is 18.0 Å². The van der Waals surface area contributed by atoms with Crippen LogP contribution in [0, 0.1) is 5.41 Å². The highest BCUT2D eigenvalue weighted by atomic mass is 16.5. The normalized spacial score (nSPS) is 18.4. The third kappa shape index (κ3) is 3.89. The average molecular weight is 460 g/mol. The maximum atomic E-state index is 6.28. The molecule has 2 aliphatic heterocycles. The molecule has 0 radical (unpaired) electrons. The Morgan fingerprint density at radius 2 is 1.68 bits per heavy atom. The third-order valence-corrected chi connectivity index (χ3v) is 5.82. The molecule has 8 heteroatoms. The minimum Gasteiger partial charge on any atom is -0.493 e. The van der Waals surface area contributed by atoms with Crippen molar-refractivity contribution >= 4 is 12.0 Å². The Labute approximate surface area is 199 Å². The van der Waals surface area contributed by atoms with Gasteiger partial charge in [0.2, 0.25) is 5.95 Å². The first kappa shape index (κ1) is 22.0. The summed E-state index contributed by atoms with van der Waals surface area (Å²) in [5.41, 5.74) is 8.84. The fourth-order valence-corrected chi connectivity index (χ4v) is 4.10. The smallest absolute Gasteiger partial charge is 0.283 e. The van der Waals surface area contributed by atoms with Crippen LogP contribution in [-0.2, 0) is 10.3 Å². The highest BCUT2D eigenvalue weighted by molar-refractivity contribution is 5.78. The zero-order chi connectivity index (χ0) is 24.1. The Morgan fingerprint density at radius 3 is 2.29 bits per heavy atom. The lowest BCUT2D eigenvalue weighted by Gasteiger charge is -2.34. The largest absolute Gasteiger partial charge is 0.493 e. The molecule has 3 heterocycles. The van der Waals surface area contributed by atoms with Gasteiger partial charge in [0.05, 0.1) is 6.61 Å². The molecule has 1 spiro atoms. The van der Waals surface area contributed by atoms with Crippen molar-refractivity contribution in [3.8, 4) is 28.4 Å². The molecule has 0 unspecified atom stereocenters. The second kappa shape index (κ2) is 7.90. The number of nitrogens with two attached hydrogens (primary N) is 1. The van der Waals surface area contributed by atoms with Crippen LogP contribution in [0.2, 0.25) is 0 Å². The fraction of sp³-hybridized carbons (Fsp3) is 0.346. The molecular weight excluding hydrogens is 430 g/mol. The molecule has 0 saturated heterocycles. The number of ether oxygens (including phenoxy) is 3. The molecule has 1 aromatic heterocycles. The lowest BCUT2D eigenvalue weighted by atomic mass is 9.80. The topological polar surface area (TPSA) is 95.1 Å². The van der Waals surface area contributed by atoms with Crippen LogP contribution >= 0.6 is 0 Å². The van der Waals surface area contributed by atoms with Crippen molar-refractivity contribution < 1.29 is 14.2 Å². The minimum atomic E-state index is -0.825. The van der Waals surface area contributed by atoms with Crippen LogP contribution in [0.25, 0.3) is 11.1 Å². The van der Waals surface area contributed by atoms with Crippen molar-refractivity contribution in [1.82, 2.24) is 9.97 Å². The van der Waals surface area contributed by atoms with Crippen molar-refractivity contribution in [3.63, 3.8) is 0 Å². The van der Waals surface area contributed by atoms with E-state index in [1.54, 1.807) is 0 Å². The van der Waals surface area contributed by atoms with Gasteiger partial charge in [0.15, 0.2) is 5.54 Å². The molecule has 2 aromatic carbocycles. The Bertz CT molecular complexity index is 1260. The van der Waals surface area contributed by atoms with Gasteiger partial charge >= 0.3 is 0 Å². The van der Waals surface area contributed by atoms with Gasteiger partial charge in [-0.25, -0.2) is 15.0 Å². The summed E-state index contributed by atoms with van der Waals surface area (Å²) in [6.45, 7) is 7.28. The van der Waals surface area contributed by atoms with Crippen molar-refractivity contribution in [2.45, 2.75) is 26.3 Å². The molecule has 0 bridgehead atoms. The van der Waals surface area contributed by atoms with E-state index in [4.69, 9.17) is 24.9 Å². The molecule has 1 atom stereocenters. The van der Waals surface area contributed by atoms with Gasteiger partial charge in [-0.2, -0.15) is 0 Å². The van der Waals surface area contributed by atoms with Crippen molar-refractivity contribution in [2.75, 3.05) is 32.2 Å². The minimum absolute atomic E-state index is 0.0366. The van der Waals surface area contributed by atoms with Crippen LogP contribution in [0.3, 0.4) is 0 Å². The van der Waals surface area contributed by atoms with E-state index in [0.717, 1.165) is 28.0 Å². The predicted octanol–water partition coefficient (Wildman–Crippen LogP) is 4.33. The molecule has 2 N–H and O–H groups in total. The Morgan fingerprint density at radius 1 is 1.00 bits per heavy atom. The number of aromatic nitrogens is 2. The summed E-state index contributed by atoms with van der Waals surface area (Å²) in [7, 11) is 3.82. The molecule has 0 amide bonds. The summed E-state index contributed by atoms with van der Waals surface area (Å²) in [6.07, 6.45) is 3.63. The Kier molecular flexibility index (Phi) is 5.11. The summed E-state index contributed by atoms with van der Waals surface area (Å²) in [5.74, 6) is 2.83. The first-order valence-electron chi connectivity index (χ1n) is 11.2. The van der Waals surface area contributed by atoms with Gasteiger partial charge in [-0.15, -0.1) is 0 Å². The van der Waals surface area contributed by atoms with E-state index in [1.807, 2.05) is 61.7 Å². The number of fused-ring (bicyclic) bond motifs is 4. The maximum Gasteiger partial charge on any atom is 0.283 e. The van der Waals surface area contributed by atoms with E-state index in [0.29, 0.717) is 24.1 Å².